The van der Waals surface area contributed by atoms with Crippen LogP contribution < -0.4 is 16.6 Å². The maximum Gasteiger partial charge on any atom is 0.338 e. The van der Waals surface area contributed by atoms with E-state index < -0.39 is 0 Å². The van der Waals surface area contributed by atoms with Crippen molar-refractivity contribution in [2.75, 3.05) is 18.5 Å². The van der Waals surface area contributed by atoms with Crippen molar-refractivity contribution in [3.05, 3.63) is 95.9 Å². The molecule has 0 aliphatic rings. The molecular weight excluding hydrogens is 510 g/mol. The number of anilines is 2. The zero-order valence-corrected chi connectivity index (χ0v) is 22.5. The van der Waals surface area contributed by atoms with Crippen molar-refractivity contribution in [3.8, 4) is 11.3 Å². The molecule has 2 aromatic heterocycles. The van der Waals surface area contributed by atoms with Crippen LogP contribution in [-0.2, 0) is 9.47 Å². The van der Waals surface area contributed by atoms with Crippen LogP contribution in [0.15, 0.2) is 84.2 Å². The van der Waals surface area contributed by atoms with Gasteiger partial charge in [0.25, 0.3) is 0 Å². The van der Waals surface area contributed by atoms with E-state index in [1.807, 2.05) is 37.3 Å². The lowest BCUT2D eigenvalue weighted by Gasteiger charge is -2.08. The predicted octanol–water partition coefficient (Wildman–Crippen LogP) is 4.75. The Hall–Kier alpha value is -5.16. The van der Waals surface area contributed by atoms with Crippen molar-refractivity contribution in [1.29, 1.82) is 0 Å². The Morgan fingerprint density at radius 1 is 0.950 bits per heavy atom. The van der Waals surface area contributed by atoms with E-state index >= 15 is 0 Å². The Kier molecular flexibility index (Phi) is 11.2. The first-order valence-electron chi connectivity index (χ1n) is 12.5. The molecule has 4 aromatic rings. The Labute approximate surface area is 232 Å². The van der Waals surface area contributed by atoms with E-state index in [-0.39, 0.29) is 11.9 Å². The summed E-state index contributed by atoms with van der Waals surface area (Å²) in [6.45, 7) is 6.14. The van der Waals surface area contributed by atoms with Gasteiger partial charge < -0.3 is 20.2 Å². The Balaban J connectivity index is 0.000000241. The first kappa shape index (κ1) is 29.4. The van der Waals surface area contributed by atoms with Gasteiger partial charge in [-0.1, -0.05) is 12.1 Å². The van der Waals surface area contributed by atoms with Gasteiger partial charge in [-0.2, -0.15) is 0 Å². The quantitative estimate of drug-likeness (QED) is 0.0889. The second-order valence-electron chi connectivity index (χ2n) is 8.08. The molecule has 0 aliphatic carbocycles. The fraction of sp³-hybridized carbons (Fsp3) is 0.172. The topological polar surface area (TPSA) is 154 Å². The molecule has 0 spiro atoms. The van der Waals surface area contributed by atoms with Crippen LogP contribution in [0, 0.1) is 6.92 Å². The van der Waals surface area contributed by atoms with Gasteiger partial charge in [-0.05, 0) is 74.9 Å². The number of hydrazine groups is 1. The molecule has 0 amide bonds. The molecule has 0 bridgehead atoms. The molecule has 2 heterocycles. The molecule has 0 saturated heterocycles. The van der Waals surface area contributed by atoms with Gasteiger partial charge in [0.05, 0.1) is 35.7 Å². The number of aliphatic imine (C=N–C) groups is 1. The number of hydrogen-bond acceptors (Lipinski definition) is 10. The maximum atomic E-state index is 11.8. The Bertz CT molecular complexity index is 1450. The fourth-order valence-corrected chi connectivity index (χ4v) is 3.36. The number of rotatable bonds is 9. The first-order valence-corrected chi connectivity index (χ1v) is 12.5. The van der Waals surface area contributed by atoms with Crippen LogP contribution in [0.25, 0.3) is 11.3 Å². The third-order valence-corrected chi connectivity index (χ3v) is 5.24. The van der Waals surface area contributed by atoms with E-state index in [2.05, 4.69) is 30.7 Å². The van der Waals surface area contributed by atoms with E-state index in [0.29, 0.717) is 41.7 Å². The maximum absolute atomic E-state index is 11.8. The number of esters is 2. The Morgan fingerprint density at radius 2 is 1.70 bits per heavy atom. The number of pyridine rings is 1. The lowest BCUT2D eigenvalue weighted by molar-refractivity contribution is 0.0517. The lowest BCUT2D eigenvalue weighted by Crippen LogP contribution is -2.18. The van der Waals surface area contributed by atoms with Gasteiger partial charge in [0, 0.05) is 29.8 Å². The van der Waals surface area contributed by atoms with E-state index in [4.69, 9.17) is 15.3 Å². The highest BCUT2D eigenvalue weighted by molar-refractivity contribution is 5.91. The van der Waals surface area contributed by atoms with Crippen LogP contribution >= 0.6 is 0 Å². The SMILES string of the molecule is CCOC(=O)c1ccc(C)c(N=CNN)c1.CCOC(=O)c1cccc(Nc2nccc(-c3cccnc3)n2)c1. The highest BCUT2D eigenvalue weighted by Gasteiger charge is 2.09. The number of nitrogens with one attached hydrogen (secondary N) is 2. The molecule has 2 aromatic carbocycles. The largest absolute Gasteiger partial charge is 0.462 e. The van der Waals surface area contributed by atoms with Crippen LogP contribution in [-0.4, -0.2) is 46.4 Å². The summed E-state index contributed by atoms with van der Waals surface area (Å²) in [6, 6.07) is 17.8. The number of benzene rings is 2. The summed E-state index contributed by atoms with van der Waals surface area (Å²) in [4.78, 5) is 40.1. The number of ether oxygens (including phenoxy) is 2. The molecule has 0 aliphatic heterocycles. The van der Waals surface area contributed by atoms with Gasteiger partial charge >= 0.3 is 11.9 Å². The molecule has 0 radical (unpaired) electrons. The summed E-state index contributed by atoms with van der Waals surface area (Å²) < 4.78 is 9.90. The smallest absolute Gasteiger partial charge is 0.338 e. The minimum Gasteiger partial charge on any atom is -0.462 e. The third kappa shape index (κ3) is 8.71. The average molecular weight is 542 g/mol. The highest BCUT2D eigenvalue weighted by Crippen LogP contribution is 2.21. The van der Waals surface area contributed by atoms with Crippen LogP contribution in [0.1, 0.15) is 40.1 Å². The zero-order valence-electron chi connectivity index (χ0n) is 22.5. The lowest BCUT2D eigenvalue weighted by atomic mass is 10.1. The standard InChI is InChI=1S/C18H16N4O2.C11H15N3O2/c1-2-24-17(23)13-5-3-7-15(11-13)21-18-20-10-8-16(22-18)14-6-4-9-19-12-14;1-3-16-11(15)9-5-4-8(2)10(6-9)13-7-14-12/h3-12H,2H2,1H3,(H,20,21,22);4-7H,3,12H2,1-2H3,(H,13,14). The van der Waals surface area contributed by atoms with Crippen LogP contribution in [0.2, 0.25) is 0 Å². The van der Waals surface area contributed by atoms with E-state index in [0.717, 1.165) is 16.8 Å². The molecule has 11 nitrogen and oxygen atoms in total. The van der Waals surface area contributed by atoms with Crippen molar-refractivity contribution >= 4 is 35.6 Å². The third-order valence-electron chi connectivity index (χ3n) is 5.24. The zero-order chi connectivity index (χ0) is 28.7. The molecule has 0 fully saturated rings. The average Bonchev–Trinajstić information content (AvgIpc) is 2.98. The minimum absolute atomic E-state index is 0.340. The predicted molar refractivity (Wildman–Crippen MR) is 154 cm³/mol. The molecule has 4 rings (SSSR count). The summed E-state index contributed by atoms with van der Waals surface area (Å²) in [6.07, 6.45) is 6.49. The van der Waals surface area contributed by atoms with Gasteiger partial charge in [-0.3, -0.25) is 4.98 Å². The second-order valence-corrected chi connectivity index (χ2v) is 8.08. The molecule has 40 heavy (non-hydrogen) atoms. The number of nitrogens with zero attached hydrogens (tertiary/aromatic N) is 4. The fourth-order valence-electron chi connectivity index (χ4n) is 3.36. The number of carbonyl (C=O) groups excluding carboxylic acids is 2. The summed E-state index contributed by atoms with van der Waals surface area (Å²) in [7, 11) is 0. The number of aromatic nitrogens is 3. The van der Waals surface area contributed by atoms with Crippen molar-refractivity contribution in [2.24, 2.45) is 10.8 Å². The second kappa shape index (κ2) is 15.3. The van der Waals surface area contributed by atoms with E-state index in [1.54, 1.807) is 62.8 Å². The minimum atomic E-state index is -0.355. The van der Waals surface area contributed by atoms with E-state index in [9.17, 15) is 9.59 Å². The van der Waals surface area contributed by atoms with Crippen molar-refractivity contribution in [2.45, 2.75) is 20.8 Å². The van der Waals surface area contributed by atoms with Crippen molar-refractivity contribution in [1.82, 2.24) is 20.4 Å². The van der Waals surface area contributed by atoms with Gasteiger partial charge in [-0.15, -0.1) is 0 Å². The number of aryl methyl sites for hydroxylation is 1. The highest BCUT2D eigenvalue weighted by atomic mass is 16.5. The van der Waals surface area contributed by atoms with Gasteiger partial charge in [0.15, 0.2) is 0 Å². The van der Waals surface area contributed by atoms with Crippen LogP contribution in [0.4, 0.5) is 17.3 Å². The molecule has 11 heteroatoms. The van der Waals surface area contributed by atoms with Gasteiger partial charge in [-0.25, -0.2) is 30.4 Å². The summed E-state index contributed by atoms with van der Waals surface area (Å²) in [5, 5.41) is 3.10. The Morgan fingerprint density at radius 3 is 2.38 bits per heavy atom. The summed E-state index contributed by atoms with van der Waals surface area (Å²) >= 11 is 0. The monoisotopic (exact) mass is 541 g/mol. The number of hydrogen-bond donors (Lipinski definition) is 3. The van der Waals surface area contributed by atoms with Crippen molar-refractivity contribution < 1.29 is 19.1 Å². The van der Waals surface area contributed by atoms with Gasteiger partial charge in [0.2, 0.25) is 5.95 Å². The molecule has 0 atom stereocenters. The van der Waals surface area contributed by atoms with Crippen LogP contribution in [0.3, 0.4) is 0 Å². The van der Waals surface area contributed by atoms with Crippen molar-refractivity contribution in [3.63, 3.8) is 0 Å². The molecule has 0 saturated carbocycles. The summed E-state index contributed by atoms with van der Waals surface area (Å²) in [5.74, 6) is 4.82. The summed E-state index contributed by atoms with van der Waals surface area (Å²) in [5.41, 5.74) is 7.29. The first-order chi connectivity index (χ1) is 19.4. The number of nitrogens with two attached hydrogens (primary N) is 1. The number of carbonyl (C=O) groups is 2. The molecule has 206 valence electrons. The normalized spacial score (nSPS) is 10.3. The molecular formula is C29H31N7O4. The van der Waals surface area contributed by atoms with E-state index in [1.165, 1.54) is 6.34 Å². The molecule has 4 N–H and O–H groups in total. The molecule has 0 unspecified atom stereocenters. The van der Waals surface area contributed by atoms with Crippen LogP contribution in [0.5, 0.6) is 0 Å². The van der Waals surface area contributed by atoms with Gasteiger partial charge in [0.1, 0.15) is 6.34 Å².